The summed E-state index contributed by atoms with van der Waals surface area (Å²) in [6.45, 7) is 3.44. The predicted molar refractivity (Wildman–Crippen MR) is 116 cm³/mol. The third-order valence-electron chi connectivity index (χ3n) is 4.54. The Hall–Kier alpha value is -2.93. The van der Waals surface area contributed by atoms with Gasteiger partial charge in [-0.05, 0) is 59.6 Å². The number of carbonyl (C=O) groups excluding carboxylic acids is 1. The zero-order valence-corrected chi connectivity index (χ0v) is 17.0. The van der Waals surface area contributed by atoms with Gasteiger partial charge in [-0.3, -0.25) is 4.90 Å². The first-order valence-corrected chi connectivity index (χ1v) is 9.91. The molecule has 1 aromatic carbocycles. The van der Waals surface area contributed by atoms with Crippen LogP contribution >= 0.6 is 15.9 Å². The topological polar surface area (TPSA) is 70.2 Å². The summed E-state index contributed by atoms with van der Waals surface area (Å²) in [5.74, 6) is 0.641. The third kappa shape index (κ3) is 3.99. The van der Waals surface area contributed by atoms with Crippen LogP contribution in [0.25, 0.3) is 11.3 Å². The molecule has 2 amide bonds. The van der Waals surface area contributed by atoms with Crippen molar-refractivity contribution in [2.75, 3.05) is 28.6 Å². The monoisotopic (exact) mass is 437 g/mol. The maximum Gasteiger partial charge on any atom is 0.327 e. The van der Waals surface area contributed by atoms with E-state index in [9.17, 15) is 4.79 Å². The van der Waals surface area contributed by atoms with E-state index < -0.39 is 0 Å². The summed E-state index contributed by atoms with van der Waals surface area (Å²) in [4.78, 5) is 23.6. The first kappa shape index (κ1) is 18.4. The van der Waals surface area contributed by atoms with E-state index in [4.69, 9.17) is 4.98 Å². The van der Waals surface area contributed by atoms with Crippen LogP contribution in [0.3, 0.4) is 0 Å². The first-order valence-electron chi connectivity index (χ1n) is 9.12. The van der Waals surface area contributed by atoms with E-state index in [1.54, 1.807) is 23.2 Å². The molecule has 28 heavy (non-hydrogen) atoms. The van der Waals surface area contributed by atoms with Crippen molar-refractivity contribution < 1.29 is 4.79 Å². The van der Waals surface area contributed by atoms with Crippen molar-refractivity contribution in [2.45, 2.75) is 13.3 Å². The molecular weight excluding hydrogens is 418 g/mol. The van der Waals surface area contributed by atoms with E-state index in [1.165, 1.54) is 5.56 Å². The molecule has 7 heteroatoms. The van der Waals surface area contributed by atoms with Gasteiger partial charge >= 0.3 is 6.03 Å². The average Bonchev–Trinajstić information content (AvgIpc) is 2.90. The van der Waals surface area contributed by atoms with Gasteiger partial charge in [0.05, 0.1) is 11.4 Å². The lowest BCUT2D eigenvalue weighted by Crippen LogP contribution is -2.36. The predicted octanol–water partition coefficient (Wildman–Crippen LogP) is 5.07. The van der Waals surface area contributed by atoms with Crippen molar-refractivity contribution in [3.8, 4) is 11.3 Å². The number of rotatable bonds is 2. The van der Waals surface area contributed by atoms with Crippen molar-refractivity contribution >= 4 is 39.2 Å². The summed E-state index contributed by atoms with van der Waals surface area (Å²) in [6, 6.07) is 15.5. The van der Waals surface area contributed by atoms with E-state index in [0.717, 1.165) is 29.9 Å². The summed E-state index contributed by atoms with van der Waals surface area (Å²) in [6.07, 6.45) is 2.48. The highest BCUT2D eigenvalue weighted by atomic mass is 79.9. The number of aryl methyl sites for hydroxylation is 1. The molecule has 0 saturated carbocycles. The lowest BCUT2D eigenvalue weighted by atomic mass is 10.1. The number of urea groups is 1. The number of amides is 2. The number of aromatic nitrogens is 2. The van der Waals surface area contributed by atoms with Gasteiger partial charge in [0, 0.05) is 30.5 Å². The van der Waals surface area contributed by atoms with Crippen LogP contribution in [0, 0.1) is 6.92 Å². The van der Waals surface area contributed by atoms with E-state index in [1.807, 2.05) is 24.3 Å². The van der Waals surface area contributed by atoms with Crippen LogP contribution in [-0.4, -0.2) is 29.1 Å². The van der Waals surface area contributed by atoms with Crippen LogP contribution in [0.5, 0.6) is 0 Å². The van der Waals surface area contributed by atoms with E-state index in [0.29, 0.717) is 22.7 Å². The Kier molecular flexibility index (Phi) is 5.25. The fourth-order valence-electron chi connectivity index (χ4n) is 3.19. The maximum atomic E-state index is 13.0. The van der Waals surface area contributed by atoms with Gasteiger partial charge < -0.3 is 10.6 Å². The fraction of sp³-hybridized carbons (Fsp3) is 0.190. The second kappa shape index (κ2) is 7.98. The lowest BCUT2D eigenvalue weighted by Gasteiger charge is -2.22. The standard InChI is InChI=1S/C21H20BrN5O/c1-14-4-2-5-15(12-14)17-6-7-18-20(26-17)27(11-3-9-23-18)21(28)25-16-8-10-24-19(22)13-16/h2,4-8,10,12-13,23H,3,9,11H2,1H3,(H,24,25,28). The number of carbonyl (C=O) groups is 1. The Morgan fingerprint density at radius 1 is 1.21 bits per heavy atom. The molecule has 142 valence electrons. The molecule has 1 aliphatic rings. The Labute approximate surface area is 172 Å². The number of anilines is 3. The van der Waals surface area contributed by atoms with E-state index >= 15 is 0 Å². The van der Waals surface area contributed by atoms with Gasteiger partial charge in [-0.1, -0.05) is 23.8 Å². The van der Waals surface area contributed by atoms with Crippen LogP contribution in [-0.2, 0) is 0 Å². The van der Waals surface area contributed by atoms with E-state index in [-0.39, 0.29) is 6.03 Å². The lowest BCUT2D eigenvalue weighted by molar-refractivity contribution is 0.257. The largest absolute Gasteiger partial charge is 0.382 e. The van der Waals surface area contributed by atoms with Gasteiger partial charge in [-0.15, -0.1) is 0 Å². The van der Waals surface area contributed by atoms with Crippen LogP contribution in [0.2, 0.25) is 0 Å². The van der Waals surface area contributed by atoms with Gasteiger partial charge in [-0.25, -0.2) is 14.8 Å². The first-order chi connectivity index (χ1) is 13.6. The van der Waals surface area contributed by atoms with Gasteiger partial charge in [-0.2, -0.15) is 0 Å². The summed E-state index contributed by atoms with van der Waals surface area (Å²) in [7, 11) is 0. The van der Waals surface area contributed by atoms with Crippen LogP contribution in [0.4, 0.5) is 22.0 Å². The molecular formula is C21H20BrN5O. The molecule has 0 bridgehead atoms. The summed E-state index contributed by atoms with van der Waals surface area (Å²) >= 11 is 3.33. The molecule has 0 radical (unpaired) electrons. The molecule has 0 saturated heterocycles. The molecule has 0 spiro atoms. The summed E-state index contributed by atoms with van der Waals surface area (Å²) in [5.41, 5.74) is 4.59. The van der Waals surface area contributed by atoms with E-state index in [2.05, 4.69) is 50.6 Å². The van der Waals surface area contributed by atoms with Gasteiger partial charge in [0.1, 0.15) is 4.60 Å². The average molecular weight is 438 g/mol. The number of nitrogens with one attached hydrogen (secondary N) is 2. The van der Waals surface area contributed by atoms with Crippen molar-refractivity contribution in [3.63, 3.8) is 0 Å². The maximum absolute atomic E-state index is 13.0. The van der Waals surface area contributed by atoms with Crippen molar-refractivity contribution in [1.82, 2.24) is 9.97 Å². The molecule has 3 heterocycles. The Morgan fingerprint density at radius 2 is 2.11 bits per heavy atom. The van der Waals surface area contributed by atoms with Gasteiger partial charge in [0.15, 0.2) is 5.82 Å². The molecule has 2 N–H and O–H groups in total. The minimum atomic E-state index is -0.211. The van der Waals surface area contributed by atoms with Crippen LogP contribution in [0.15, 0.2) is 59.3 Å². The number of hydrogen-bond donors (Lipinski definition) is 2. The summed E-state index contributed by atoms with van der Waals surface area (Å²) < 4.78 is 0.670. The quantitative estimate of drug-likeness (QED) is 0.549. The Balaban J connectivity index is 1.68. The van der Waals surface area contributed by atoms with Crippen molar-refractivity contribution in [3.05, 3.63) is 64.9 Å². The number of benzene rings is 1. The molecule has 6 nitrogen and oxygen atoms in total. The third-order valence-corrected chi connectivity index (χ3v) is 4.98. The summed E-state index contributed by atoms with van der Waals surface area (Å²) in [5, 5.41) is 6.31. The Bertz CT molecular complexity index is 1020. The second-order valence-corrected chi connectivity index (χ2v) is 7.48. The van der Waals surface area contributed by atoms with Crippen molar-refractivity contribution in [1.29, 1.82) is 0 Å². The number of pyridine rings is 2. The highest BCUT2D eigenvalue weighted by molar-refractivity contribution is 9.10. The molecule has 0 unspecified atom stereocenters. The molecule has 0 fully saturated rings. The smallest absolute Gasteiger partial charge is 0.327 e. The zero-order chi connectivity index (χ0) is 19.5. The number of halogens is 1. The number of hydrogen-bond acceptors (Lipinski definition) is 4. The molecule has 2 aromatic heterocycles. The molecule has 1 aliphatic heterocycles. The van der Waals surface area contributed by atoms with Gasteiger partial charge in [0.25, 0.3) is 0 Å². The molecule has 0 atom stereocenters. The Morgan fingerprint density at radius 3 is 2.93 bits per heavy atom. The number of fused-ring (bicyclic) bond motifs is 1. The molecule has 3 aromatic rings. The molecule has 0 aliphatic carbocycles. The number of nitrogens with zero attached hydrogens (tertiary/aromatic N) is 3. The highest BCUT2D eigenvalue weighted by Crippen LogP contribution is 2.31. The SMILES string of the molecule is Cc1cccc(-c2ccc3c(n2)N(C(=O)Nc2ccnc(Br)c2)CCCN3)c1. The molecule has 4 rings (SSSR count). The zero-order valence-electron chi connectivity index (χ0n) is 15.4. The van der Waals surface area contributed by atoms with Crippen LogP contribution < -0.4 is 15.5 Å². The van der Waals surface area contributed by atoms with Crippen LogP contribution in [0.1, 0.15) is 12.0 Å². The minimum absolute atomic E-state index is 0.211. The minimum Gasteiger partial charge on any atom is -0.382 e. The fourth-order valence-corrected chi connectivity index (χ4v) is 3.56. The normalized spacial score (nSPS) is 13.3. The van der Waals surface area contributed by atoms with Gasteiger partial charge in [0.2, 0.25) is 0 Å². The van der Waals surface area contributed by atoms with Crippen molar-refractivity contribution in [2.24, 2.45) is 0 Å². The highest BCUT2D eigenvalue weighted by Gasteiger charge is 2.23. The second-order valence-electron chi connectivity index (χ2n) is 6.67.